The van der Waals surface area contributed by atoms with Crippen molar-refractivity contribution in [2.24, 2.45) is 11.3 Å². The smallest absolute Gasteiger partial charge is 0.471 e. The van der Waals surface area contributed by atoms with Gasteiger partial charge in [0.1, 0.15) is 6.61 Å². The SMILES string of the molecule is CCc1cc(COc2ccc(CC3(C(=O)N4CCC(NC(=O)C(F)(F)F)C4)CC3C(=O)NO)cc2F)c2ccccc2n1. The van der Waals surface area contributed by atoms with Crippen LogP contribution in [-0.2, 0) is 33.8 Å². The number of aromatic nitrogens is 1. The van der Waals surface area contributed by atoms with Gasteiger partial charge in [0, 0.05) is 35.8 Å². The van der Waals surface area contributed by atoms with Crippen molar-refractivity contribution in [1.29, 1.82) is 0 Å². The fraction of sp³-hybridized carbons (Fsp3) is 0.400. The Morgan fingerprint density at radius 3 is 2.63 bits per heavy atom. The van der Waals surface area contributed by atoms with E-state index in [-0.39, 0.29) is 44.7 Å². The molecule has 2 aliphatic rings. The number of fused-ring (bicyclic) bond motifs is 1. The van der Waals surface area contributed by atoms with Gasteiger partial charge in [-0.1, -0.05) is 31.2 Å². The van der Waals surface area contributed by atoms with Crippen molar-refractivity contribution in [2.45, 2.75) is 51.4 Å². The quantitative estimate of drug-likeness (QED) is 0.195. The number of pyridine rings is 1. The number of likely N-dealkylation sites (tertiary alicyclic amines) is 1. The number of alkyl halides is 3. The fourth-order valence-corrected chi connectivity index (χ4v) is 5.78. The Bertz CT molecular complexity index is 1570. The lowest BCUT2D eigenvalue weighted by Crippen LogP contribution is -2.46. The molecule has 9 nitrogen and oxygen atoms in total. The van der Waals surface area contributed by atoms with Gasteiger partial charge in [-0.15, -0.1) is 0 Å². The molecule has 0 bridgehead atoms. The molecule has 3 unspecified atom stereocenters. The van der Waals surface area contributed by atoms with Gasteiger partial charge in [0.15, 0.2) is 11.6 Å². The van der Waals surface area contributed by atoms with E-state index in [1.54, 1.807) is 11.5 Å². The maximum Gasteiger partial charge on any atom is 0.471 e. The number of para-hydroxylation sites is 1. The molecule has 5 rings (SSSR count). The predicted octanol–water partition coefficient (Wildman–Crippen LogP) is 3.85. The summed E-state index contributed by atoms with van der Waals surface area (Å²) in [7, 11) is 0. The summed E-state index contributed by atoms with van der Waals surface area (Å²) in [6.45, 7) is 1.98. The van der Waals surface area contributed by atoms with Crippen LogP contribution in [0, 0.1) is 17.2 Å². The lowest BCUT2D eigenvalue weighted by molar-refractivity contribution is -0.174. The van der Waals surface area contributed by atoms with Gasteiger partial charge in [-0.2, -0.15) is 13.2 Å². The number of carbonyl (C=O) groups excluding carboxylic acids is 3. The molecule has 0 spiro atoms. The Hall–Kier alpha value is -4.26. The highest BCUT2D eigenvalue weighted by Crippen LogP contribution is 2.56. The minimum Gasteiger partial charge on any atom is -0.486 e. The molecule has 1 aliphatic heterocycles. The van der Waals surface area contributed by atoms with E-state index in [0.717, 1.165) is 28.6 Å². The average Bonchev–Trinajstić information content (AvgIpc) is 3.52. The maximum atomic E-state index is 15.2. The maximum absolute atomic E-state index is 15.2. The zero-order valence-electron chi connectivity index (χ0n) is 23.2. The molecule has 2 fully saturated rings. The zero-order chi connectivity index (χ0) is 30.9. The molecule has 228 valence electrons. The molecule has 3 aromatic rings. The van der Waals surface area contributed by atoms with Crippen LogP contribution in [0.15, 0.2) is 48.5 Å². The second-order valence-electron chi connectivity index (χ2n) is 11.0. The van der Waals surface area contributed by atoms with Crippen molar-refractivity contribution in [3.8, 4) is 5.75 Å². The highest BCUT2D eigenvalue weighted by Gasteiger charge is 2.64. The van der Waals surface area contributed by atoms with Gasteiger partial charge in [-0.3, -0.25) is 24.6 Å². The first kappa shape index (κ1) is 30.2. The van der Waals surface area contributed by atoms with E-state index in [4.69, 9.17) is 4.74 Å². The molecule has 1 saturated heterocycles. The summed E-state index contributed by atoms with van der Waals surface area (Å²) in [5.74, 6) is -4.99. The van der Waals surface area contributed by atoms with Gasteiger partial charge in [0.05, 0.1) is 16.8 Å². The van der Waals surface area contributed by atoms with Crippen molar-refractivity contribution in [3.05, 3.63) is 71.2 Å². The second-order valence-corrected chi connectivity index (χ2v) is 11.0. The molecule has 3 amide bonds. The number of benzene rings is 2. The Labute approximate surface area is 244 Å². The van der Waals surface area contributed by atoms with Crippen LogP contribution in [-0.4, -0.2) is 58.1 Å². The van der Waals surface area contributed by atoms with Gasteiger partial charge in [-0.05, 0) is 55.5 Å². The van der Waals surface area contributed by atoms with Gasteiger partial charge in [-0.25, -0.2) is 9.87 Å². The van der Waals surface area contributed by atoms with Crippen LogP contribution < -0.4 is 15.5 Å². The van der Waals surface area contributed by atoms with Crippen LogP contribution in [0.5, 0.6) is 5.75 Å². The van der Waals surface area contributed by atoms with E-state index in [2.05, 4.69) is 4.98 Å². The first-order valence-corrected chi connectivity index (χ1v) is 13.8. The topological polar surface area (TPSA) is 121 Å². The Kier molecular flexibility index (Phi) is 8.28. The summed E-state index contributed by atoms with van der Waals surface area (Å²) in [6.07, 6.45) is -4.22. The van der Waals surface area contributed by atoms with Gasteiger partial charge in [0.25, 0.3) is 0 Å². The second kappa shape index (κ2) is 11.8. The molecule has 2 heterocycles. The van der Waals surface area contributed by atoms with E-state index >= 15 is 4.39 Å². The number of hydrogen-bond acceptors (Lipinski definition) is 6. The Morgan fingerprint density at radius 2 is 1.93 bits per heavy atom. The summed E-state index contributed by atoms with van der Waals surface area (Å²) < 4.78 is 59.0. The van der Waals surface area contributed by atoms with Crippen LogP contribution in [0.2, 0.25) is 0 Å². The van der Waals surface area contributed by atoms with Crippen LogP contribution >= 0.6 is 0 Å². The molecular formula is C30H30F4N4O5. The predicted molar refractivity (Wildman–Crippen MR) is 145 cm³/mol. The fourth-order valence-electron chi connectivity index (χ4n) is 5.78. The molecule has 2 aromatic carbocycles. The molecule has 13 heteroatoms. The minimum absolute atomic E-state index is 0.00805. The normalized spacial score (nSPS) is 21.5. The van der Waals surface area contributed by atoms with E-state index in [0.29, 0.717) is 5.56 Å². The van der Waals surface area contributed by atoms with Gasteiger partial charge >= 0.3 is 12.1 Å². The number of rotatable bonds is 9. The first-order chi connectivity index (χ1) is 20.4. The number of nitrogens with zero attached hydrogens (tertiary/aromatic N) is 2. The van der Waals surface area contributed by atoms with Crippen LogP contribution in [0.4, 0.5) is 17.6 Å². The van der Waals surface area contributed by atoms with Crippen molar-refractivity contribution in [1.82, 2.24) is 20.7 Å². The zero-order valence-corrected chi connectivity index (χ0v) is 23.2. The van der Waals surface area contributed by atoms with Crippen LogP contribution in [0.1, 0.15) is 36.6 Å². The van der Waals surface area contributed by atoms with Crippen molar-refractivity contribution >= 4 is 28.6 Å². The molecule has 0 radical (unpaired) electrons. The summed E-state index contributed by atoms with van der Waals surface area (Å²) in [4.78, 5) is 43.1. The summed E-state index contributed by atoms with van der Waals surface area (Å²) >= 11 is 0. The van der Waals surface area contributed by atoms with E-state index < -0.39 is 47.1 Å². The number of ether oxygens (including phenoxy) is 1. The number of hydrogen-bond donors (Lipinski definition) is 3. The number of aryl methyl sites for hydroxylation is 1. The minimum atomic E-state index is -5.05. The lowest BCUT2D eigenvalue weighted by Gasteiger charge is -2.25. The standard InChI is InChI=1S/C30H30F4N4O5/c1-2-19-12-18(21-5-3-4-6-24(21)35-19)16-43-25-8-7-17(11-23(25)31)13-29(14-22(29)26(39)37-42)28(41)38-10-9-20(15-38)36-27(40)30(32,33)34/h3-8,11-12,20,22,42H,2,9-10,13-16H2,1H3,(H,36,40)(H,37,39). The lowest BCUT2D eigenvalue weighted by atomic mass is 9.91. The molecule has 3 N–H and O–H groups in total. The van der Waals surface area contributed by atoms with E-state index in [1.165, 1.54) is 17.0 Å². The van der Waals surface area contributed by atoms with Crippen molar-refractivity contribution in [3.63, 3.8) is 0 Å². The highest BCUT2D eigenvalue weighted by molar-refractivity contribution is 5.96. The summed E-state index contributed by atoms with van der Waals surface area (Å²) in [5.41, 5.74) is 3.16. The first-order valence-electron chi connectivity index (χ1n) is 13.8. The number of nitrogens with one attached hydrogen (secondary N) is 2. The average molecular weight is 603 g/mol. The third kappa shape index (κ3) is 6.26. The Balaban J connectivity index is 1.30. The highest BCUT2D eigenvalue weighted by atomic mass is 19.4. The van der Waals surface area contributed by atoms with E-state index in [9.17, 15) is 32.8 Å². The molecule has 43 heavy (non-hydrogen) atoms. The van der Waals surface area contributed by atoms with E-state index in [1.807, 2.05) is 42.6 Å². The number of hydroxylamine groups is 1. The van der Waals surface area contributed by atoms with Crippen LogP contribution in [0.25, 0.3) is 10.9 Å². The Morgan fingerprint density at radius 1 is 1.16 bits per heavy atom. The van der Waals surface area contributed by atoms with Gasteiger partial charge < -0.3 is 15.0 Å². The van der Waals surface area contributed by atoms with Gasteiger partial charge in [0.2, 0.25) is 11.8 Å². The van der Waals surface area contributed by atoms with Crippen molar-refractivity contribution in [2.75, 3.05) is 13.1 Å². The monoisotopic (exact) mass is 602 g/mol. The van der Waals surface area contributed by atoms with Crippen LogP contribution in [0.3, 0.4) is 0 Å². The number of halogens is 4. The molecule has 1 aliphatic carbocycles. The number of carbonyl (C=O) groups is 3. The summed E-state index contributed by atoms with van der Waals surface area (Å²) in [6, 6.07) is 12.8. The number of amides is 3. The van der Waals surface area contributed by atoms with Crippen molar-refractivity contribution < 1.29 is 41.9 Å². The molecule has 1 aromatic heterocycles. The molecule has 3 atom stereocenters. The third-order valence-corrected chi connectivity index (χ3v) is 8.11. The third-order valence-electron chi connectivity index (χ3n) is 8.11. The molecular weight excluding hydrogens is 572 g/mol. The summed E-state index contributed by atoms with van der Waals surface area (Å²) in [5, 5.41) is 12.0. The largest absolute Gasteiger partial charge is 0.486 e. The molecule has 1 saturated carbocycles.